The first-order chi connectivity index (χ1) is 9.90. The molecule has 21 heavy (non-hydrogen) atoms. The van der Waals surface area contributed by atoms with Gasteiger partial charge >= 0.3 is 6.09 Å². The molecule has 1 aromatic heterocycles. The summed E-state index contributed by atoms with van der Waals surface area (Å²) in [6.07, 6.45) is 3.30. The van der Waals surface area contributed by atoms with E-state index in [1.165, 1.54) is 0 Å². The van der Waals surface area contributed by atoms with Gasteiger partial charge in [0.25, 0.3) is 0 Å². The molecule has 1 rings (SSSR count). The summed E-state index contributed by atoms with van der Waals surface area (Å²) in [5.41, 5.74) is -0.485. The SMILES string of the molecule is CC(C)(C)OC(=O)NC/C=C/CNCc1ccc(C#N)o1. The molecule has 0 saturated heterocycles. The maximum atomic E-state index is 11.3. The van der Waals surface area contributed by atoms with Gasteiger partial charge in [-0.1, -0.05) is 12.2 Å². The molecule has 0 unspecified atom stereocenters. The van der Waals surface area contributed by atoms with Crippen LogP contribution in [0.2, 0.25) is 0 Å². The van der Waals surface area contributed by atoms with Gasteiger partial charge in [-0.05, 0) is 32.9 Å². The fourth-order valence-electron chi connectivity index (χ4n) is 1.43. The average Bonchev–Trinajstić information content (AvgIpc) is 2.83. The third-order valence-electron chi connectivity index (χ3n) is 2.26. The van der Waals surface area contributed by atoms with E-state index in [0.29, 0.717) is 31.2 Å². The molecule has 2 N–H and O–H groups in total. The van der Waals surface area contributed by atoms with E-state index in [9.17, 15) is 4.79 Å². The van der Waals surface area contributed by atoms with E-state index in [1.54, 1.807) is 12.1 Å². The number of furan rings is 1. The summed E-state index contributed by atoms with van der Waals surface area (Å²) in [6, 6.07) is 5.33. The Bertz CT molecular complexity index is 521. The highest BCUT2D eigenvalue weighted by Gasteiger charge is 2.14. The Hall–Kier alpha value is -2.26. The molecule has 0 saturated carbocycles. The number of amides is 1. The molecule has 0 atom stereocenters. The number of alkyl carbamates (subject to hydrolysis) is 1. The van der Waals surface area contributed by atoms with Crippen molar-refractivity contribution >= 4 is 6.09 Å². The monoisotopic (exact) mass is 291 g/mol. The molecule has 0 radical (unpaired) electrons. The summed E-state index contributed by atoms with van der Waals surface area (Å²) in [7, 11) is 0. The maximum Gasteiger partial charge on any atom is 0.407 e. The highest BCUT2D eigenvalue weighted by Crippen LogP contribution is 2.06. The van der Waals surface area contributed by atoms with Crippen LogP contribution >= 0.6 is 0 Å². The van der Waals surface area contributed by atoms with E-state index in [0.717, 1.165) is 0 Å². The highest BCUT2D eigenvalue weighted by molar-refractivity contribution is 5.67. The molecule has 0 fully saturated rings. The fourth-order valence-corrected chi connectivity index (χ4v) is 1.43. The Morgan fingerprint density at radius 2 is 2.10 bits per heavy atom. The van der Waals surface area contributed by atoms with Crippen molar-refractivity contribution in [2.75, 3.05) is 13.1 Å². The van der Waals surface area contributed by atoms with Gasteiger partial charge in [-0.3, -0.25) is 0 Å². The number of hydrogen-bond donors (Lipinski definition) is 2. The van der Waals surface area contributed by atoms with E-state index in [-0.39, 0.29) is 0 Å². The zero-order valence-corrected chi connectivity index (χ0v) is 12.6. The number of carbonyl (C=O) groups is 1. The molecule has 6 nitrogen and oxygen atoms in total. The predicted molar refractivity (Wildman–Crippen MR) is 78.5 cm³/mol. The summed E-state index contributed by atoms with van der Waals surface area (Å²) in [5, 5.41) is 14.4. The normalized spacial score (nSPS) is 11.3. The van der Waals surface area contributed by atoms with Gasteiger partial charge in [-0.2, -0.15) is 5.26 Å². The molecule has 1 heterocycles. The zero-order chi connectivity index (χ0) is 15.7. The largest absolute Gasteiger partial charge is 0.449 e. The Balaban J connectivity index is 2.10. The van der Waals surface area contributed by atoms with Crippen LogP contribution in [0.3, 0.4) is 0 Å². The van der Waals surface area contributed by atoms with Crippen molar-refractivity contribution in [3.05, 3.63) is 35.8 Å². The van der Waals surface area contributed by atoms with Crippen molar-refractivity contribution < 1.29 is 13.9 Å². The van der Waals surface area contributed by atoms with Crippen LogP contribution in [0, 0.1) is 11.3 Å². The number of nitrogens with zero attached hydrogens (tertiary/aromatic N) is 1. The fraction of sp³-hybridized carbons (Fsp3) is 0.467. The van der Waals surface area contributed by atoms with Gasteiger partial charge in [0.15, 0.2) is 0 Å². The smallest absolute Gasteiger partial charge is 0.407 e. The molecular weight excluding hydrogens is 270 g/mol. The Morgan fingerprint density at radius 3 is 2.71 bits per heavy atom. The molecule has 1 aromatic rings. The summed E-state index contributed by atoms with van der Waals surface area (Å²) < 4.78 is 10.3. The Labute approximate surface area is 124 Å². The molecule has 6 heteroatoms. The maximum absolute atomic E-state index is 11.3. The van der Waals surface area contributed by atoms with Crippen molar-refractivity contribution in [2.24, 2.45) is 0 Å². The Kier molecular flexibility index (Phi) is 6.50. The summed E-state index contributed by atoms with van der Waals surface area (Å²) in [6.45, 7) is 7.05. The first-order valence-corrected chi connectivity index (χ1v) is 6.72. The average molecular weight is 291 g/mol. The van der Waals surface area contributed by atoms with E-state index in [4.69, 9.17) is 14.4 Å². The second-order valence-corrected chi connectivity index (χ2v) is 5.36. The molecule has 0 aliphatic rings. The molecule has 0 bridgehead atoms. The topological polar surface area (TPSA) is 87.3 Å². The standard InChI is InChI=1S/C15H21N3O3/c1-15(2,3)21-14(19)18-9-5-4-8-17-11-13-7-6-12(10-16)20-13/h4-7,17H,8-9,11H2,1-3H3,(H,18,19)/b5-4+. The van der Waals surface area contributed by atoms with Gasteiger partial charge in [0.1, 0.15) is 17.4 Å². The van der Waals surface area contributed by atoms with E-state index in [1.807, 2.05) is 39.0 Å². The minimum atomic E-state index is -0.485. The van der Waals surface area contributed by atoms with Gasteiger partial charge in [0.05, 0.1) is 6.54 Å². The van der Waals surface area contributed by atoms with Crippen LogP contribution in [0.15, 0.2) is 28.7 Å². The second-order valence-electron chi connectivity index (χ2n) is 5.36. The van der Waals surface area contributed by atoms with Crippen molar-refractivity contribution in [2.45, 2.75) is 32.9 Å². The summed E-state index contributed by atoms with van der Waals surface area (Å²) in [5.74, 6) is 1.02. The van der Waals surface area contributed by atoms with Gasteiger partial charge in [0.2, 0.25) is 5.76 Å². The number of nitrogens with one attached hydrogen (secondary N) is 2. The van der Waals surface area contributed by atoms with Crippen LogP contribution in [0.4, 0.5) is 4.79 Å². The molecule has 114 valence electrons. The van der Waals surface area contributed by atoms with Crippen LogP contribution < -0.4 is 10.6 Å². The number of hydrogen-bond acceptors (Lipinski definition) is 5. The summed E-state index contributed by atoms with van der Waals surface area (Å²) >= 11 is 0. The van der Waals surface area contributed by atoms with Crippen LogP contribution in [-0.2, 0) is 11.3 Å². The summed E-state index contributed by atoms with van der Waals surface area (Å²) in [4.78, 5) is 11.3. The minimum Gasteiger partial charge on any atom is -0.449 e. The van der Waals surface area contributed by atoms with Crippen LogP contribution in [0.5, 0.6) is 0 Å². The van der Waals surface area contributed by atoms with E-state index in [2.05, 4.69) is 10.6 Å². The molecule has 1 amide bonds. The van der Waals surface area contributed by atoms with Gasteiger partial charge in [-0.15, -0.1) is 0 Å². The predicted octanol–water partition coefficient (Wildman–Crippen LogP) is 2.32. The van der Waals surface area contributed by atoms with Gasteiger partial charge in [0, 0.05) is 13.1 Å². The third kappa shape index (κ3) is 7.80. The van der Waals surface area contributed by atoms with Gasteiger partial charge < -0.3 is 19.8 Å². The number of nitriles is 1. The van der Waals surface area contributed by atoms with Gasteiger partial charge in [-0.25, -0.2) is 4.79 Å². The van der Waals surface area contributed by atoms with Crippen LogP contribution in [0.1, 0.15) is 32.3 Å². The molecule has 0 aromatic carbocycles. The Morgan fingerprint density at radius 1 is 1.38 bits per heavy atom. The first kappa shape index (κ1) is 16.8. The number of carbonyl (C=O) groups excluding carboxylic acids is 1. The molecule has 0 aliphatic carbocycles. The lowest BCUT2D eigenvalue weighted by Gasteiger charge is -2.19. The second kappa shape index (κ2) is 8.12. The lowest BCUT2D eigenvalue weighted by molar-refractivity contribution is 0.0534. The molecule has 0 spiro atoms. The lowest BCUT2D eigenvalue weighted by atomic mass is 10.2. The number of rotatable bonds is 6. The van der Waals surface area contributed by atoms with Crippen molar-refractivity contribution in [3.8, 4) is 6.07 Å². The van der Waals surface area contributed by atoms with E-state index < -0.39 is 11.7 Å². The highest BCUT2D eigenvalue weighted by atomic mass is 16.6. The van der Waals surface area contributed by atoms with Crippen molar-refractivity contribution in [3.63, 3.8) is 0 Å². The van der Waals surface area contributed by atoms with E-state index >= 15 is 0 Å². The van der Waals surface area contributed by atoms with Crippen LogP contribution in [0.25, 0.3) is 0 Å². The molecular formula is C15H21N3O3. The minimum absolute atomic E-state index is 0.309. The van der Waals surface area contributed by atoms with Crippen molar-refractivity contribution in [1.29, 1.82) is 5.26 Å². The number of ether oxygens (including phenoxy) is 1. The molecule has 0 aliphatic heterocycles. The quantitative estimate of drug-likeness (QED) is 0.620. The zero-order valence-electron chi connectivity index (χ0n) is 12.6. The lowest BCUT2D eigenvalue weighted by Crippen LogP contribution is -2.32. The van der Waals surface area contributed by atoms with Crippen LogP contribution in [-0.4, -0.2) is 24.8 Å². The van der Waals surface area contributed by atoms with Crippen molar-refractivity contribution in [1.82, 2.24) is 10.6 Å². The first-order valence-electron chi connectivity index (χ1n) is 6.72. The third-order valence-corrected chi connectivity index (χ3v) is 2.26.